The van der Waals surface area contributed by atoms with Gasteiger partial charge in [-0.05, 0) is 35.6 Å². The second kappa shape index (κ2) is 4.73. The first kappa shape index (κ1) is 11.7. The second-order valence-corrected chi connectivity index (χ2v) is 4.61. The third-order valence-corrected chi connectivity index (χ3v) is 3.30. The minimum Gasteiger partial charge on any atom is -0.496 e. The predicted octanol–water partition coefficient (Wildman–Crippen LogP) is 4.22. The molecule has 2 nitrogen and oxygen atoms in total. The first-order valence-electron chi connectivity index (χ1n) is 6.27. The molecule has 0 saturated heterocycles. The number of aryl methyl sites for hydroxylation is 1. The Labute approximate surface area is 112 Å². The molecule has 1 heterocycles. The molecule has 3 rings (SSSR count). The highest BCUT2D eigenvalue weighted by molar-refractivity contribution is 5.98. The van der Waals surface area contributed by atoms with Crippen LogP contribution in [0.15, 0.2) is 54.9 Å². The number of para-hydroxylation sites is 1. The Hall–Kier alpha value is -2.35. The number of methoxy groups -OCH3 is 1. The fourth-order valence-corrected chi connectivity index (χ4v) is 2.44. The lowest BCUT2D eigenvalue weighted by molar-refractivity contribution is 0.416. The molecule has 0 bridgehead atoms. The van der Waals surface area contributed by atoms with Crippen LogP contribution >= 0.6 is 0 Å². The molecule has 0 aliphatic carbocycles. The van der Waals surface area contributed by atoms with Crippen molar-refractivity contribution >= 4 is 10.8 Å². The van der Waals surface area contributed by atoms with Crippen LogP contribution in [0, 0.1) is 6.92 Å². The number of hydrogen-bond acceptors (Lipinski definition) is 2. The van der Waals surface area contributed by atoms with Gasteiger partial charge in [-0.3, -0.25) is 4.98 Å². The van der Waals surface area contributed by atoms with Gasteiger partial charge in [-0.25, -0.2) is 0 Å². The van der Waals surface area contributed by atoms with Crippen LogP contribution < -0.4 is 4.74 Å². The van der Waals surface area contributed by atoms with E-state index >= 15 is 0 Å². The number of pyridine rings is 1. The van der Waals surface area contributed by atoms with Crippen molar-refractivity contribution in [3.05, 3.63) is 60.4 Å². The number of aromatic nitrogens is 1. The Bertz CT molecular complexity index is 734. The summed E-state index contributed by atoms with van der Waals surface area (Å²) in [6, 6.07) is 14.5. The lowest BCUT2D eigenvalue weighted by Gasteiger charge is -2.12. The van der Waals surface area contributed by atoms with Crippen LogP contribution in [0.25, 0.3) is 21.9 Å². The van der Waals surface area contributed by atoms with Gasteiger partial charge < -0.3 is 4.74 Å². The van der Waals surface area contributed by atoms with E-state index in [4.69, 9.17) is 4.74 Å². The quantitative estimate of drug-likeness (QED) is 0.678. The topological polar surface area (TPSA) is 22.1 Å². The van der Waals surface area contributed by atoms with E-state index in [0.717, 1.165) is 16.7 Å². The molecule has 0 aliphatic rings. The molecule has 94 valence electrons. The van der Waals surface area contributed by atoms with Gasteiger partial charge in [0.05, 0.1) is 7.11 Å². The van der Waals surface area contributed by atoms with Crippen LogP contribution in [0.3, 0.4) is 0 Å². The van der Waals surface area contributed by atoms with Gasteiger partial charge in [0.2, 0.25) is 0 Å². The van der Waals surface area contributed by atoms with Crippen molar-refractivity contribution in [3.63, 3.8) is 0 Å². The predicted molar refractivity (Wildman–Crippen MR) is 78.5 cm³/mol. The summed E-state index contributed by atoms with van der Waals surface area (Å²) in [4.78, 5) is 4.24. The Balaban J connectivity index is 2.36. The monoisotopic (exact) mass is 249 g/mol. The van der Waals surface area contributed by atoms with E-state index in [2.05, 4.69) is 30.1 Å². The maximum Gasteiger partial charge on any atom is 0.126 e. The van der Waals surface area contributed by atoms with Crippen molar-refractivity contribution in [3.8, 4) is 16.9 Å². The van der Waals surface area contributed by atoms with Crippen LogP contribution in [0.2, 0.25) is 0 Å². The summed E-state index contributed by atoms with van der Waals surface area (Å²) < 4.78 is 5.47. The number of benzene rings is 2. The van der Waals surface area contributed by atoms with Crippen LogP contribution in [0.5, 0.6) is 5.75 Å². The molecule has 0 saturated carbocycles. The number of hydrogen-bond donors (Lipinski definition) is 0. The van der Waals surface area contributed by atoms with Gasteiger partial charge in [-0.2, -0.15) is 0 Å². The van der Waals surface area contributed by atoms with E-state index in [1.54, 1.807) is 7.11 Å². The maximum absolute atomic E-state index is 5.47. The summed E-state index contributed by atoms with van der Waals surface area (Å²) in [5, 5.41) is 2.36. The van der Waals surface area contributed by atoms with Gasteiger partial charge >= 0.3 is 0 Å². The van der Waals surface area contributed by atoms with Crippen molar-refractivity contribution in [2.45, 2.75) is 6.92 Å². The fraction of sp³-hybridized carbons (Fsp3) is 0.118. The van der Waals surface area contributed by atoms with Crippen molar-refractivity contribution in [2.75, 3.05) is 7.11 Å². The van der Waals surface area contributed by atoms with Gasteiger partial charge in [0, 0.05) is 23.3 Å². The molecule has 0 radical (unpaired) electrons. The molecule has 2 heteroatoms. The minimum absolute atomic E-state index is 0.887. The van der Waals surface area contributed by atoms with E-state index in [-0.39, 0.29) is 0 Å². The maximum atomic E-state index is 5.47. The van der Waals surface area contributed by atoms with E-state index in [9.17, 15) is 0 Å². The molecule has 0 atom stereocenters. The van der Waals surface area contributed by atoms with Crippen LogP contribution in [-0.2, 0) is 0 Å². The Morgan fingerprint density at radius 3 is 2.68 bits per heavy atom. The zero-order valence-corrected chi connectivity index (χ0v) is 11.1. The van der Waals surface area contributed by atoms with E-state index in [1.165, 1.54) is 16.5 Å². The molecule has 2 aromatic carbocycles. The van der Waals surface area contributed by atoms with Gasteiger partial charge in [0.1, 0.15) is 5.75 Å². The third-order valence-electron chi connectivity index (χ3n) is 3.30. The number of nitrogens with zero attached hydrogens (tertiary/aromatic N) is 1. The molecular formula is C17H15NO. The van der Waals surface area contributed by atoms with Crippen molar-refractivity contribution in [2.24, 2.45) is 0 Å². The standard InChI is InChI=1S/C17H15NO/c1-12-9-13-7-8-18-11-16(13)15(10-12)14-5-3-4-6-17(14)19-2/h3-11H,1-2H3. The SMILES string of the molecule is COc1ccccc1-c1cc(C)cc2ccncc12. The van der Waals surface area contributed by atoms with E-state index in [0.29, 0.717) is 0 Å². The molecule has 0 aliphatic heterocycles. The molecule has 3 aromatic rings. The Kier molecular flexibility index (Phi) is 2.92. The Morgan fingerprint density at radius 1 is 1.00 bits per heavy atom. The molecule has 0 fully saturated rings. The lowest BCUT2D eigenvalue weighted by Crippen LogP contribution is -1.90. The van der Waals surface area contributed by atoms with Gasteiger partial charge in [0.25, 0.3) is 0 Å². The van der Waals surface area contributed by atoms with Gasteiger partial charge in [-0.15, -0.1) is 0 Å². The smallest absolute Gasteiger partial charge is 0.126 e. The van der Waals surface area contributed by atoms with E-state index < -0.39 is 0 Å². The second-order valence-electron chi connectivity index (χ2n) is 4.61. The molecule has 0 amide bonds. The highest BCUT2D eigenvalue weighted by Gasteiger charge is 2.09. The van der Waals surface area contributed by atoms with Crippen LogP contribution in [0.1, 0.15) is 5.56 Å². The molecule has 1 aromatic heterocycles. The average molecular weight is 249 g/mol. The molecule has 0 unspecified atom stereocenters. The van der Waals surface area contributed by atoms with E-state index in [1.807, 2.05) is 36.7 Å². The molecule has 19 heavy (non-hydrogen) atoms. The van der Waals surface area contributed by atoms with Crippen molar-refractivity contribution in [1.82, 2.24) is 4.98 Å². The molecule has 0 N–H and O–H groups in total. The Morgan fingerprint density at radius 2 is 1.84 bits per heavy atom. The number of fused-ring (bicyclic) bond motifs is 1. The molecular weight excluding hydrogens is 234 g/mol. The molecule has 0 spiro atoms. The van der Waals surface area contributed by atoms with Crippen LogP contribution in [-0.4, -0.2) is 12.1 Å². The zero-order valence-electron chi connectivity index (χ0n) is 11.1. The van der Waals surface area contributed by atoms with Crippen molar-refractivity contribution in [1.29, 1.82) is 0 Å². The summed E-state index contributed by atoms with van der Waals surface area (Å²) >= 11 is 0. The summed E-state index contributed by atoms with van der Waals surface area (Å²) in [7, 11) is 1.70. The highest BCUT2D eigenvalue weighted by Crippen LogP contribution is 2.35. The zero-order chi connectivity index (χ0) is 13.2. The number of ether oxygens (including phenoxy) is 1. The summed E-state index contributed by atoms with van der Waals surface area (Å²) in [6.07, 6.45) is 3.74. The highest BCUT2D eigenvalue weighted by atomic mass is 16.5. The van der Waals surface area contributed by atoms with Gasteiger partial charge in [0.15, 0.2) is 0 Å². The number of rotatable bonds is 2. The van der Waals surface area contributed by atoms with Gasteiger partial charge in [-0.1, -0.05) is 30.3 Å². The minimum atomic E-state index is 0.887. The summed E-state index contributed by atoms with van der Waals surface area (Å²) in [6.45, 7) is 2.11. The first-order valence-corrected chi connectivity index (χ1v) is 6.27. The fourth-order valence-electron chi connectivity index (χ4n) is 2.44. The largest absolute Gasteiger partial charge is 0.496 e. The normalized spacial score (nSPS) is 10.6. The first-order chi connectivity index (χ1) is 9.29. The lowest BCUT2D eigenvalue weighted by atomic mass is 9.97. The van der Waals surface area contributed by atoms with Crippen LogP contribution in [0.4, 0.5) is 0 Å². The average Bonchev–Trinajstić information content (AvgIpc) is 2.46. The summed E-state index contributed by atoms with van der Waals surface area (Å²) in [5.41, 5.74) is 3.51. The van der Waals surface area contributed by atoms with Crippen molar-refractivity contribution < 1.29 is 4.74 Å². The summed E-state index contributed by atoms with van der Waals surface area (Å²) in [5.74, 6) is 0.887. The third kappa shape index (κ3) is 2.06.